The van der Waals surface area contributed by atoms with Crippen molar-refractivity contribution in [2.24, 2.45) is 4.99 Å². The van der Waals surface area contributed by atoms with Crippen LogP contribution < -0.4 is 10.2 Å². The largest absolute Gasteiger partial charge is 0.363 e. The lowest BCUT2D eigenvalue weighted by atomic mass is 9.88. The van der Waals surface area contributed by atoms with Crippen molar-refractivity contribution in [1.82, 2.24) is 5.32 Å². The fourth-order valence-corrected chi connectivity index (χ4v) is 5.23. The first-order valence-corrected chi connectivity index (χ1v) is 11.6. The number of nitrogens with one attached hydrogen (secondary N) is 1. The summed E-state index contributed by atoms with van der Waals surface area (Å²) < 4.78 is 15.1. The predicted octanol–water partition coefficient (Wildman–Crippen LogP) is 6.70. The Labute approximate surface area is 197 Å². The Morgan fingerprint density at radius 1 is 1.25 bits per heavy atom. The Bertz CT molecular complexity index is 1220. The van der Waals surface area contributed by atoms with Crippen LogP contribution in [0.2, 0.25) is 5.02 Å². The van der Waals surface area contributed by atoms with Gasteiger partial charge in [-0.2, -0.15) is 0 Å². The average molecular weight is 470 g/mol. The molecular formula is C25H25ClFN3OS. The molecule has 4 nitrogen and oxygen atoms in total. The minimum Gasteiger partial charge on any atom is -0.363 e. The number of carbonyl (C=O) groups is 1. The van der Waals surface area contributed by atoms with E-state index in [1.165, 1.54) is 11.8 Å². The highest BCUT2D eigenvalue weighted by atomic mass is 35.5. The lowest BCUT2D eigenvalue weighted by molar-refractivity contribution is -0.115. The van der Waals surface area contributed by atoms with Gasteiger partial charge < -0.3 is 10.2 Å². The zero-order valence-electron chi connectivity index (χ0n) is 18.7. The number of amidine groups is 1. The molecule has 0 spiro atoms. The van der Waals surface area contributed by atoms with Crippen molar-refractivity contribution in [1.29, 1.82) is 0 Å². The molecule has 166 valence electrons. The molecule has 2 aromatic carbocycles. The molecule has 0 saturated carbocycles. The van der Waals surface area contributed by atoms with Crippen molar-refractivity contribution in [3.05, 3.63) is 68.8 Å². The minimum atomic E-state index is -0.357. The number of likely N-dealkylation sites (N-methyl/N-ethyl adjacent to an activating group) is 1. The molecule has 2 aliphatic heterocycles. The molecule has 1 fully saturated rings. The van der Waals surface area contributed by atoms with Crippen LogP contribution in [-0.4, -0.2) is 23.2 Å². The van der Waals surface area contributed by atoms with E-state index in [-0.39, 0.29) is 17.3 Å². The molecule has 2 heterocycles. The summed E-state index contributed by atoms with van der Waals surface area (Å²) in [6, 6.07) is 8.82. The van der Waals surface area contributed by atoms with Gasteiger partial charge in [-0.3, -0.25) is 4.79 Å². The van der Waals surface area contributed by atoms with Crippen LogP contribution in [0.25, 0.3) is 11.6 Å². The van der Waals surface area contributed by atoms with Crippen molar-refractivity contribution in [3.8, 4) is 0 Å². The first kappa shape index (κ1) is 22.6. The number of fused-ring (bicyclic) bond motifs is 1. The van der Waals surface area contributed by atoms with Gasteiger partial charge in [0.15, 0.2) is 5.17 Å². The summed E-state index contributed by atoms with van der Waals surface area (Å²) in [4.78, 5) is 19.6. The summed E-state index contributed by atoms with van der Waals surface area (Å²) in [6.45, 7) is 11.0. The Morgan fingerprint density at radius 2 is 2.00 bits per heavy atom. The third-order valence-corrected chi connectivity index (χ3v) is 6.89. The summed E-state index contributed by atoms with van der Waals surface area (Å²) >= 11 is 7.26. The van der Waals surface area contributed by atoms with Crippen LogP contribution in [0, 0.1) is 12.7 Å². The van der Waals surface area contributed by atoms with Crippen molar-refractivity contribution in [2.45, 2.75) is 40.2 Å². The number of rotatable bonds is 3. The van der Waals surface area contributed by atoms with Gasteiger partial charge in [-0.05, 0) is 87.9 Å². The zero-order valence-corrected chi connectivity index (χ0v) is 20.3. The number of hydrogen-bond acceptors (Lipinski definition) is 4. The normalized spacial score (nSPS) is 19.9. The van der Waals surface area contributed by atoms with Gasteiger partial charge in [-0.1, -0.05) is 23.7 Å². The van der Waals surface area contributed by atoms with Crippen LogP contribution in [0.1, 0.15) is 44.4 Å². The number of thioether (sulfide) groups is 1. The molecule has 2 aliphatic rings. The SMILES string of the molecule is CCN1c2cc(F)c(/C=C3/SC(=Nc4cc(Cl)ccc4C)NC3=O)cc2C(C)=CC1(C)C. The Kier molecular flexibility index (Phi) is 5.94. The van der Waals surface area contributed by atoms with Crippen molar-refractivity contribution < 1.29 is 9.18 Å². The second kappa shape index (κ2) is 8.41. The van der Waals surface area contributed by atoms with Crippen molar-refractivity contribution in [3.63, 3.8) is 0 Å². The summed E-state index contributed by atoms with van der Waals surface area (Å²) in [7, 11) is 0. The van der Waals surface area contributed by atoms with Gasteiger partial charge in [0.1, 0.15) is 5.82 Å². The maximum atomic E-state index is 15.1. The molecule has 1 N–H and O–H groups in total. The summed E-state index contributed by atoms with van der Waals surface area (Å²) in [5.74, 6) is -0.654. The van der Waals surface area contributed by atoms with E-state index in [2.05, 4.69) is 42.1 Å². The van der Waals surface area contributed by atoms with Gasteiger partial charge in [0.25, 0.3) is 5.91 Å². The Balaban J connectivity index is 1.69. The highest BCUT2D eigenvalue weighted by molar-refractivity contribution is 8.18. The molecule has 1 amide bonds. The molecule has 2 aromatic rings. The van der Waals surface area contributed by atoms with E-state index in [1.807, 2.05) is 26.0 Å². The van der Waals surface area contributed by atoms with Gasteiger partial charge >= 0.3 is 0 Å². The van der Waals surface area contributed by atoms with Crippen LogP contribution in [0.15, 0.2) is 46.3 Å². The molecule has 7 heteroatoms. The first-order valence-electron chi connectivity index (χ1n) is 10.5. The van der Waals surface area contributed by atoms with Crippen molar-refractivity contribution >= 4 is 57.5 Å². The molecule has 0 bridgehead atoms. The molecular weight excluding hydrogens is 445 g/mol. The second-order valence-corrected chi connectivity index (χ2v) is 10.00. The average Bonchev–Trinajstić information content (AvgIpc) is 3.04. The summed E-state index contributed by atoms with van der Waals surface area (Å²) in [5.41, 5.74) is 4.76. The van der Waals surface area contributed by atoms with Crippen LogP contribution in [-0.2, 0) is 4.79 Å². The number of hydrogen-bond donors (Lipinski definition) is 1. The van der Waals surface area contributed by atoms with Crippen LogP contribution in [0.4, 0.5) is 15.8 Å². The predicted molar refractivity (Wildman–Crippen MR) is 134 cm³/mol. The van der Waals surface area contributed by atoms with Gasteiger partial charge in [-0.15, -0.1) is 0 Å². The third kappa shape index (κ3) is 4.21. The maximum absolute atomic E-state index is 15.1. The number of anilines is 1. The van der Waals surface area contributed by atoms with E-state index >= 15 is 4.39 Å². The number of aryl methyl sites for hydroxylation is 1. The summed E-state index contributed by atoms with van der Waals surface area (Å²) in [6.07, 6.45) is 3.79. The number of allylic oxidation sites excluding steroid dienone is 1. The maximum Gasteiger partial charge on any atom is 0.264 e. The van der Waals surface area contributed by atoms with Crippen LogP contribution >= 0.6 is 23.4 Å². The minimum absolute atomic E-state index is 0.191. The number of halogens is 2. The van der Waals surface area contributed by atoms with Gasteiger partial charge in [0, 0.05) is 28.4 Å². The quantitative estimate of drug-likeness (QED) is 0.508. The smallest absolute Gasteiger partial charge is 0.264 e. The Hall–Kier alpha value is -2.57. The summed E-state index contributed by atoms with van der Waals surface area (Å²) in [5, 5.41) is 3.77. The number of amides is 1. The van der Waals surface area contributed by atoms with E-state index in [0.29, 0.717) is 26.3 Å². The van der Waals surface area contributed by atoms with Crippen LogP contribution in [0.3, 0.4) is 0 Å². The molecule has 0 unspecified atom stereocenters. The fourth-order valence-electron chi connectivity index (χ4n) is 4.24. The van der Waals surface area contributed by atoms with E-state index in [0.717, 1.165) is 28.9 Å². The van der Waals surface area contributed by atoms with E-state index < -0.39 is 0 Å². The highest BCUT2D eigenvalue weighted by Gasteiger charge is 2.31. The highest BCUT2D eigenvalue weighted by Crippen LogP contribution is 2.41. The third-order valence-electron chi connectivity index (χ3n) is 5.74. The van der Waals surface area contributed by atoms with Crippen LogP contribution in [0.5, 0.6) is 0 Å². The van der Waals surface area contributed by atoms with Crippen molar-refractivity contribution in [2.75, 3.05) is 11.4 Å². The van der Waals surface area contributed by atoms with Gasteiger partial charge in [-0.25, -0.2) is 9.38 Å². The first-order chi connectivity index (χ1) is 15.1. The van der Waals surface area contributed by atoms with Gasteiger partial charge in [0.2, 0.25) is 0 Å². The topological polar surface area (TPSA) is 44.7 Å². The molecule has 0 aromatic heterocycles. The lowest BCUT2D eigenvalue weighted by Crippen LogP contribution is -2.45. The zero-order chi connectivity index (χ0) is 23.2. The number of aliphatic imine (C=N–C) groups is 1. The van der Waals surface area contributed by atoms with E-state index in [4.69, 9.17) is 11.6 Å². The Morgan fingerprint density at radius 3 is 2.72 bits per heavy atom. The number of carbonyl (C=O) groups excluding carboxylic acids is 1. The van der Waals surface area contributed by atoms with E-state index in [9.17, 15) is 4.79 Å². The second-order valence-electron chi connectivity index (χ2n) is 8.53. The molecule has 0 radical (unpaired) electrons. The number of benzene rings is 2. The van der Waals surface area contributed by atoms with Gasteiger partial charge in [0.05, 0.1) is 16.1 Å². The molecule has 1 saturated heterocycles. The molecule has 4 rings (SSSR count). The molecule has 0 aliphatic carbocycles. The fraction of sp³-hybridized carbons (Fsp3) is 0.280. The van der Waals surface area contributed by atoms with E-state index in [1.54, 1.807) is 24.3 Å². The monoisotopic (exact) mass is 469 g/mol. The molecule has 0 atom stereocenters. The lowest BCUT2D eigenvalue weighted by Gasteiger charge is -2.42. The molecule has 32 heavy (non-hydrogen) atoms. The standard InChI is InChI=1S/C25H25ClFN3OS/c1-6-30-21-12-19(27)16(9-18(21)15(3)13-25(30,4)5)10-22-23(31)29-24(32-22)28-20-11-17(26)8-7-14(20)2/h7-13H,6H2,1-5H3,(H,28,29,31)/b22-10+. The number of nitrogens with zero attached hydrogens (tertiary/aromatic N) is 2.